The molecule has 1 heterocycles. The molecule has 0 N–H and O–H groups in total. The van der Waals surface area contributed by atoms with Gasteiger partial charge in [-0.15, -0.1) is 0 Å². The number of benzene rings is 2. The van der Waals surface area contributed by atoms with E-state index in [1.165, 1.54) is 0 Å². The van der Waals surface area contributed by atoms with Gasteiger partial charge in [0, 0.05) is 24.5 Å². The number of nitrogens with zero attached hydrogens (tertiary/aromatic N) is 1. The quantitative estimate of drug-likeness (QED) is 0.720. The monoisotopic (exact) mass is 293 g/mol. The van der Waals surface area contributed by atoms with E-state index in [1.807, 2.05) is 56.3 Å². The number of furan rings is 1. The van der Waals surface area contributed by atoms with Crippen molar-refractivity contribution in [2.75, 3.05) is 7.05 Å². The van der Waals surface area contributed by atoms with Crippen molar-refractivity contribution in [3.63, 3.8) is 0 Å². The van der Waals surface area contributed by atoms with E-state index in [-0.39, 0.29) is 5.91 Å². The van der Waals surface area contributed by atoms with Gasteiger partial charge in [-0.05, 0) is 31.5 Å². The summed E-state index contributed by atoms with van der Waals surface area (Å²) in [5.74, 6) is 0.342. The average Bonchev–Trinajstić information content (AvgIpc) is 2.84. The molecule has 0 aliphatic rings. The van der Waals surface area contributed by atoms with E-state index in [0.717, 1.165) is 27.7 Å². The van der Waals surface area contributed by atoms with Crippen LogP contribution >= 0.6 is 0 Å². The molecule has 3 nitrogen and oxygen atoms in total. The zero-order valence-corrected chi connectivity index (χ0v) is 13.1. The van der Waals surface area contributed by atoms with Crippen LogP contribution in [0.1, 0.15) is 27.2 Å². The van der Waals surface area contributed by atoms with Crippen LogP contribution in [0.25, 0.3) is 11.0 Å². The lowest BCUT2D eigenvalue weighted by atomic mass is 10.1. The molecule has 3 rings (SSSR count). The molecule has 0 aliphatic carbocycles. The van der Waals surface area contributed by atoms with E-state index in [9.17, 15) is 4.79 Å². The molecular weight excluding hydrogens is 274 g/mol. The summed E-state index contributed by atoms with van der Waals surface area (Å²) < 4.78 is 5.78. The Morgan fingerprint density at radius 2 is 1.82 bits per heavy atom. The molecule has 0 bridgehead atoms. The van der Waals surface area contributed by atoms with E-state index in [0.29, 0.717) is 12.3 Å². The van der Waals surface area contributed by atoms with E-state index in [4.69, 9.17) is 4.42 Å². The topological polar surface area (TPSA) is 33.5 Å². The molecule has 0 aliphatic heterocycles. The smallest absolute Gasteiger partial charge is 0.289 e. The number of hydrogen-bond acceptors (Lipinski definition) is 2. The first-order valence-corrected chi connectivity index (χ1v) is 7.35. The second kappa shape index (κ2) is 5.68. The van der Waals surface area contributed by atoms with Gasteiger partial charge in [-0.3, -0.25) is 4.79 Å². The Hall–Kier alpha value is -2.55. The zero-order valence-electron chi connectivity index (χ0n) is 13.1. The van der Waals surface area contributed by atoms with Crippen LogP contribution in [0.2, 0.25) is 0 Å². The number of fused-ring (bicyclic) bond motifs is 1. The minimum atomic E-state index is -0.0878. The molecule has 2 aromatic carbocycles. The van der Waals surface area contributed by atoms with Crippen molar-refractivity contribution in [3.05, 3.63) is 71.0 Å². The van der Waals surface area contributed by atoms with Crippen molar-refractivity contribution < 1.29 is 9.21 Å². The molecule has 0 radical (unpaired) electrons. The van der Waals surface area contributed by atoms with Crippen molar-refractivity contribution in [1.29, 1.82) is 0 Å². The minimum Gasteiger partial charge on any atom is -0.451 e. The first-order chi connectivity index (χ1) is 10.6. The Kier molecular flexibility index (Phi) is 3.72. The molecule has 112 valence electrons. The molecule has 0 atom stereocenters. The van der Waals surface area contributed by atoms with E-state index in [1.54, 1.807) is 11.9 Å². The summed E-state index contributed by atoms with van der Waals surface area (Å²) in [5.41, 5.74) is 3.93. The largest absolute Gasteiger partial charge is 0.451 e. The molecule has 22 heavy (non-hydrogen) atoms. The molecule has 0 saturated heterocycles. The van der Waals surface area contributed by atoms with Crippen molar-refractivity contribution in [1.82, 2.24) is 4.90 Å². The summed E-state index contributed by atoms with van der Waals surface area (Å²) in [6, 6.07) is 15.9. The lowest BCUT2D eigenvalue weighted by Crippen LogP contribution is -2.26. The highest BCUT2D eigenvalue weighted by molar-refractivity contribution is 5.98. The summed E-state index contributed by atoms with van der Waals surface area (Å²) in [4.78, 5) is 14.3. The second-order valence-corrected chi connectivity index (χ2v) is 5.70. The van der Waals surface area contributed by atoms with Crippen LogP contribution in [-0.2, 0) is 6.54 Å². The van der Waals surface area contributed by atoms with Gasteiger partial charge in [0.2, 0.25) is 0 Å². The van der Waals surface area contributed by atoms with Gasteiger partial charge in [0.15, 0.2) is 5.76 Å². The van der Waals surface area contributed by atoms with Crippen LogP contribution in [0.15, 0.2) is 52.9 Å². The Labute approximate surface area is 130 Å². The maximum Gasteiger partial charge on any atom is 0.289 e. The SMILES string of the molecule is Cc1ccc2oc(C(=O)N(C)Cc3ccccc3)c(C)c2c1. The number of hydrogen-bond donors (Lipinski definition) is 0. The first kappa shape index (κ1) is 14.4. The molecule has 1 aromatic heterocycles. The van der Waals surface area contributed by atoms with Crippen LogP contribution in [0.3, 0.4) is 0 Å². The minimum absolute atomic E-state index is 0.0878. The molecule has 0 unspecified atom stereocenters. The maximum absolute atomic E-state index is 12.7. The average molecular weight is 293 g/mol. The highest BCUT2D eigenvalue weighted by atomic mass is 16.3. The molecule has 0 spiro atoms. The lowest BCUT2D eigenvalue weighted by Gasteiger charge is -2.16. The third-order valence-electron chi connectivity index (χ3n) is 3.90. The first-order valence-electron chi connectivity index (χ1n) is 7.35. The van der Waals surface area contributed by atoms with E-state index >= 15 is 0 Å². The molecule has 3 aromatic rings. The van der Waals surface area contributed by atoms with Gasteiger partial charge in [0.1, 0.15) is 5.58 Å². The van der Waals surface area contributed by atoms with Gasteiger partial charge in [-0.1, -0.05) is 42.0 Å². The molecule has 3 heteroatoms. The summed E-state index contributed by atoms with van der Waals surface area (Å²) in [5, 5.41) is 1.01. The van der Waals surface area contributed by atoms with Gasteiger partial charge >= 0.3 is 0 Å². The fourth-order valence-corrected chi connectivity index (χ4v) is 2.64. The number of amides is 1. The maximum atomic E-state index is 12.7. The predicted octanol–water partition coefficient (Wildman–Crippen LogP) is 4.32. The summed E-state index contributed by atoms with van der Waals surface area (Å²) in [6.07, 6.45) is 0. The highest BCUT2D eigenvalue weighted by Crippen LogP contribution is 2.27. The van der Waals surface area contributed by atoms with Crippen LogP contribution < -0.4 is 0 Å². The fraction of sp³-hybridized carbons (Fsp3) is 0.211. The Morgan fingerprint density at radius 3 is 2.55 bits per heavy atom. The van der Waals surface area contributed by atoms with Gasteiger partial charge in [0.25, 0.3) is 5.91 Å². The Bertz CT molecular complexity index is 818. The number of rotatable bonds is 3. The normalized spacial score (nSPS) is 10.9. The molecular formula is C19H19NO2. The molecule has 0 fully saturated rings. The van der Waals surface area contributed by atoms with E-state index in [2.05, 4.69) is 6.07 Å². The number of carbonyl (C=O) groups is 1. The van der Waals surface area contributed by atoms with Crippen LogP contribution in [0.4, 0.5) is 0 Å². The van der Waals surface area contributed by atoms with Crippen LogP contribution in [0.5, 0.6) is 0 Å². The van der Waals surface area contributed by atoms with Gasteiger partial charge in [0.05, 0.1) is 0 Å². The van der Waals surface area contributed by atoms with Crippen molar-refractivity contribution in [3.8, 4) is 0 Å². The fourth-order valence-electron chi connectivity index (χ4n) is 2.64. The van der Waals surface area contributed by atoms with Gasteiger partial charge < -0.3 is 9.32 Å². The number of aryl methyl sites for hydroxylation is 2. The summed E-state index contributed by atoms with van der Waals surface area (Å²) in [7, 11) is 1.80. The van der Waals surface area contributed by atoms with Crippen molar-refractivity contribution >= 4 is 16.9 Å². The standard InChI is InChI=1S/C19H19NO2/c1-13-9-10-17-16(11-13)14(2)18(22-17)19(21)20(3)12-15-7-5-4-6-8-15/h4-11H,12H2,1-3H3. The van der Waals surface area contributed by atoms with Crippen LogP contribution in [0, 0.1) is 13.8 Å². The predicted molar refractivity (Wildman–Crippen MR) is 87.9 cm³/mol. The third-order valence-corrected chi connectivity index (χ3v) is 3.90. The van der Waals surface area contributed by atoms with Gasteiger partial charge in [-0.25, -0.2) is 0 Å². The van der Waals surface area contributed by atoms with Gasteiger partial charge in [-0.2, -0.15) is 0 Å². The summed E-state index contributed by atoms with van der Waals surface area (Å²) in [6.45, 7) is 4.54. The lowest BCUT2D eigenvalue weighted by molar-refractivity contribution is 0.0755. The Balaban J connectivity index is 1.90. The molecule has 1 amide bonds. The zero-order chi connectivity index (χ0) is 15.7. The third kappa shape index (κ3) is 2.62. The number of carbonyl (C=O) groups excluding carboxylic acids is 1. The summed E-state index contributed by atoms with van der Waals surface area (Å²) >= 11 is 0. The Morgan fingerprint density at radius 1 is 1.09 bits per heavy atom. The van der Waals surface area contributed by atoms with E-state index < -0.39 is 0 Å². The second-order valence-electron chi connectivity index (χ2n) is 5.70. The van der Waals surface area contributed by atoms with Crippen molar-refractivity contribution in [2.24, 2.45) is 0 Å². The highest BCUT2D eigenvalue weighted by Gasteiger charge is 2.21. The van der Waals surface area contributed by atoms with Crippen molar-refractivity contribution in [2.45, 2.75) is 20.4 Å². The van der Waals surface area contributed by atoms with Crippen LogP contribution in [-0.4, -0.2) is 17.9 Å². The molecule has 0 saturated carbocycles.